The summed E-state index contributed by atoms with van der Waals surface area (Å²) in [6.45, 7) is 3.89. The Morgan fingerprint density at radius 3 is 1.25 bits per heavy atom. The van der Waals surface area contributed by atoms with E-state index < -0.39 is 7.32 Å². The first-order valence-corrected chi connectivity index (χ1v) is 2.26. The second-order valence-corrected chi connectivity index (χ2v) is 1.59. The monoisotopic (exact) mass is 121 g/mol. The smallest absolute Gasteiger partial charge is 0.402 e. The van der Waals surface area contributed by atoms with Gasteiger partial charge < -0.3 is 20.8 Å². The Bertz CT molecular complexity index is 30.0. The lowest BCUT2D eigenvalue weighted by atomic mass is 10.3. The summed E-state index contributed by atoms with van der Waals surface area (Å²) in [5.74, 6) is 0. The van der Waals surface area contributed by atoms with Crippen LogP contribution >= 0.6 is 0 Å². The van der Waals surface area contributed by atoms with Crippen molar-refractivity contribution in [2.24, 2.45) is 5.73 Å². The first-order valence-electron chi connectivity index (χ1n) is 2.26. The predicted octanol–water partition coefficient (Wildman–Crippen LogP) is -1.70. The molecule has 4 nitrogen and oxygen atoms in total. The topological polar surface area (TPSA) is 86.7 Å². The Balaban J connectivity index is 0. The van der Waals surface area contributed by atoms with Crippen LogP contribution in [0.2, 0.25) is 0 Å². The maximum Gasteiger partial charge on any atom is 0.631 e. The van der Waals surface area contributed by atoms with Crippen LogP contribution in [0, 0.1) is 0 Å². The fraction of sp³-hybridized carbons (Fsp3) is 1.00. The van der Waals surface area contributed by atoms with Gasteiger partial charge in [0.15, 0.2) is 0 Å². The van der Waals surface area contributed by atoms with E-state index in [1.165, 1.54) is 0 Å². The highest BCUT2D eigenvalue weighted by Crippen LogP contribution is 1.58. The van der Waals surface area contributed by atoms with Crippen LogP contribution in [-0.4, -0.2) is 28.4 Å². The zero-order valence-electron chi connectivity index (χ0n) is 5.07. The van der Waals surface area contributed by atoms with Crippen LogP contribution in [0.3, 0.4) is 0 Å². The van der Waals surface area contributed by atoms with Crippen molar-refractivity contribution in [3.63, 3.8) is 0 Å². The van der Waals surface area contributed by atoms with Gasteiger partial charge in [-0.1, -0.05) is 13.8 Å². The Morgan fingerprint density at radius 1 is 1.25 bits per heavy atom. The molecule has 0 aliphatic heterocycles. The van der Waals surface area contributed by atoms with E-state index in [0.717, 1.165) is 0 Å². The van der Waals surface area contributed by atoms with Crippen molar-refractivity contribution >= 4 is 7.32 Å². The third-order valence-electron chi connectivity index (χ3n) is 0. The van der Waals surface area contributed by atoms with Crippen LogP contribution < -0.4 is 5.73 Å². The molecule has 0 amide bonds. The van der Waals surface area contributed by atoms with Crippen molar-refractivity contribution in [3.8, 4) is 0 Å². The Hall–Kier alpha value is -0.0951. The van der Waals surface area contributed by atoms with E-state index >= 15 is 0 Å². The molecule has 0 bridgehead atoms. The lowest BCUT2D eigenvalue weighted by molar-refractivity contribution is 0.278. The van der Waals surface area contributed by atoms with E-state index in [2.05, 4.69) is 0 Å². The van der Waals surface area contributed by atoms with Gasteiger partial charge in [-0.2, -0.15) is 0 Å². The molecule has 5 heteroatoms. The van der Waals surface area contributed by atoms with Gasteiger partial charge in [0, 0.05) is 0 Å². The van der Waals surface area contributed by atoms with Crippen molar-refractivity contribution < 1.29 is 15.1 Å². The van der Waals surface area contributed by atoms with Gasteiger partial charge in [0.1, 0.15) is 0 Å². The molecule has 0 heterocycles. The maximum absolute atomic E-state index is 7.17. The van der Waals surface area contributed by atoms with E-state index in [9.17, 15) is 0 Å². The summed E-state index contributed by atoms with van der Waals surface area (Å²) in [5, 5.41) is 21.5. The molecule has 0 aliphatic carbocycles. The highest BCUT2D eigenvalue weighted by Gasteiger charge is 1.92. The van der Waals surface area contributed by atoms with E-state index in [0.29, 0.717) is 6.04 Å². The molecule has 0 radical (unpaired) electrons. The molecule has 0 saturated heterocycles. The van der Waals surface area contributed by atoms with Crippen LogP contribution in [0.5, 0.6) is 0 Å². The average Bonchev–Trinajstić information content (AvgIpc) is 1.25. The molecule has 0 rings (SSSR count). The molecule has 0 spiro atoms. The van der Waals surface area contributed by atoms with Crippen LogP contribution in [0.15, 0.2) is 0 Å². The molecule has 0 aromatic carbocycles. The minimum Gasteiger partial charge on any atom is -0.402 e. The van der Waals surface area contributed by atoms with Gasteiger partial charge in [-0.15, -0.1) is 0 Å². The fourth-order valence-corrected chi connectivity index (χ4v) is 0. The molecular formula is C3H12BNO3. The molecule has 0 saturated carbocycles. The van der Waals surface area contributed by atoms with E-state index in [4.69, 9.17) is 20.8 Å². The standard InChI is InChI=1S/C3H9N.BH3O3/c1-3(2)4;2-1(3)4/h3H,4H2,1-2H3;2-4H. The van der Waals surface area contributed by atoms with Crippen LogP contribution in [0.1, 0.15) is 13.8 Å². The first kappa shape index (κ1) is 10.8. The zero-order chi connectivity index (χ0) is 7.15. The lowest BCUT2D eigenvalue weighted by Crippen LogP contribution is -2.07. The number of hydrogen-bond donors (Lipinski definition) is 4. The summed E-state index contributed by atoms with van der Waals surface area (Å²) in [6, 6.07) is 0.333. The molecule has 0 fully saturated rings. The largest absolute Gasteiger partial charge is 0.631 e. The van der Waals surface area contributed by atoms with Crippen molar-refractivity contribution in [2.75, 3.05) is 0 Å². The minimum atomic E-state index is -2.17. The molecule has 0 unspecified atom stereocenters. The summed E-state index contributed by atoms with van der Waals surface area (Å²) in [6.07, 6.45) is 0. The van der Waals surface area contributed by atoms with Crippen LogP contribution in [-0.2, 0) is 0 Å². The molecule has 0 aliphatic rings. The van der Waals surface area contributed by atoms with E-state index in [-0.39, 0.29) is 0 Å². The molecule has 0 aromatic rings. The number of nitrogens with two attached hydrogens (primary N) is 1. The fourth-order valence-electron chi connectivity index (χ4n) is 0. The Labute approximate surface area is 49.1 Å². The maximum atomic E-state index is 7.17. The second-order valence-electron chi connectivity index (χ2n) is 1.59. The zero-order valence-corrected chi connectivity index (χ0v) is 5.07. The summed E-state index contributed by atoms with van der Waals surface area (Å²) in [4.78, 5) is 0. The first-order chi connectivity index (χ1) is 3.46. The number of rotatable bonds is 0. The van der Waals surface area contributed by atoms with Gasteiger partial charge in [0.25, 0.3) is 0 Å². The molecule has 0 aromatic heterocycles. The molecule has 8 heavy (non-hydrogen) atoms. The van der Waals surface area contributed by atoms with Gasteiger partial charge in [0.05, 0.1) is 0 Å². The third-order valence-corrected chi connectivity index (χ3v) is 0. The van der Waals surface area contributed by atoms with E-state index in [1.54, 1.807) is 0 Å². The minimum absolute atomic E-state index is 0.333. The SMILES string of the molecule is CC(C)N.OB(O)O. The Kier molecular flexibility index (Phi) is 9.33. The summed E-state index contributed by atoms with van der Waals surface area (Å²) in [7, 11) is -2.17. The summed E-state index contributed by atoms with van der Waals surface area (Å²) >= 11 is 0. The molecular weight excluding hydrogens is 109 g/mol. The molecule has 0 atom stereocenters. The van der Waals surface area contributed by atoms with Crippen molar-refractivity contribution in [2.45, 2.75) is 19.9 Å². The van der Waals surface area contributed by atoms with Crippen molar-refractivity contribution in [1.82, 2.24) is 0 Å². The average molecular weight is 121 g/mol. The third kappa shape index (κ3) is 15700. The van der Waals surface area contributed by atoms with Gasteiger partial charge in [-0.25, -0.2) is 0 Å². The van der Waals surface area contributed by atoms with Crippen LogP contribution in [0.25, 0.3) is 0 Å². The number of hydrogen-bond acceptors (Lipinski definition) is 4. The summed E-state index contributed by atoms with van der Waals surface area (Å²) in [5.41, 5.74) is 5.11. The van der Waals surface area contributed by atoms with Gasteiger partial charge in [-0.3, -0.25) is 0 Å². The summed E-state index contributed by atoms with van der Waals surface area (Å²) < 4.78 is 0. The van der Waals surface area contributed by atoms with Gasteiger partial charge in [0.2, 0.25) is 0 Å². The van der Waals surface area contributed by atoms with Crippen molar-refractivity contribution in [1.29, 1.82) is 0 Å². The lowest BCUT2D eigenvalue weighted by Gasteiger charge is -1.81. The van der Waals surface area contributed by atoms with Crippen LogP contribution in [0.4, 0.5) is 0 Å². The van der Waals surface area contributed by atoms with Crippen molar-refractivity contribution in [3.05, 3.63) is 0 Å². The Morgan fingerprint density at radius 2 is 1.25 bits per heavy atom. The molecule has 50 valence electrons. The normalized spacial score (nSPS) is 7.88. The quantitative estimate of drug-likeness (QED) is 0.288. The highest BCUT2D eigenvalue weighted by atomic mass is 16.5. The second kappa shape index (κ2) is 6.90. The van der Waals surface area contributed by atoms with E-state index in [1.807, 2.05) is 13.8 Å². The van der Waals surface area contributed by atoms with Gasteiger partial charge >= 0.3 is 7.32 Å². The van der Waals surface area contributed by atoms with Gasteiger partial charge in [-0.05, 0) is 6.04 Å². The predicted molar refractivity (Wildman–Crippen MR) is 31.7 cm³/mol. The molecule has 5 N–H and O–H groups in total. The highest BCUT2D eigenvalue weighted by molar-refractivity contribution is 6.30.